The number of rotatable bonds is 4. The summed E-state index contributed by atoms with van der Waals surface area (Å²) in [6.45, 7) is 2.85. The summed E-state index contributed by atoms with van der Waals surface area (Å²) in [7, 11) is 4.31. The molecule has 1 saturated heterocycles. The monoisotopic (exact) mass is 365 g/mol. The average Bonchev–Trinajstić information content (AvgIpc) is 2.70. The fraction of sp³-hybridized carbons (Fsp3) is 0.692. The van der Waals surface area contributed by atoms with E-state index in [1.165, 1.54) is 17.7 Å². The first kappa shape index (κ1) is 15.7. The lowest BCUT2D eigenvalue weighted by molar-refractivity contribution is 0.0997. The summed E-state index contributed by atoms with van der Waals surface area (Å²) in [5.41, 5.74) is 6.01. The summed E-state index contributed by atoms with van der Waals surface area (Å²) < 4.78 is 1.79. The van der Waals surface area contributed by atoms with Gasteiger partial charge in [0.2, 0.25) is 0 Å². The number of piperidine rings is 1. The molecule has 0 aromatic carbocycles. The summed E-state index contributed by atoms with van der Waals surface area (Å²) in [5.74, 6) is 0. The first-order valence-corrected chi connectivity index (χ1v) is 8.57. The van der Waals surface area contributed by atoms with Crippen molar-refractivity contribution in [3.8, 4) is 0 Å². The Morgan fingerprint density at radius 3 is 2.89 bits per heavy atom. The van der Waals surface area contributed by atoms with Crippen LogP contribution in [0.4, 0.5) is 0 Å². The number of nitrogens with zero attached hydrogens (tertiary/aromatic N) is 2. The fourth-order valence-electron chi connectivity index (χ4n) is 2.66. The van der Waals surface area contributed by atoms with E-state index < -0.39 is 0 Å². The second-order valence-corrected chi connectivity index (χ2v) is 7.82. The minimum atomic E-state index is 0.288. The summed E-state index contributed by atoms with van der Waals surface area (Å²) >= 11 is 11.3. The number of nitrogens with two attached hydrogens (primary N) is 1. The summed E-state index contributed by atoms with van der Waals surface area (Å²) in [6, 6.07) is 3.03. The SMILES string of the molecule is CN(C)C1CCCN(C(CN)c2cc(Br)c(Cl)s2)C1. The standard InChI is InChI=1S/C13H21BrClN3S/c1-17(2)9-4-3-5-18(8-9)11(7-16)12-6-10(14)13(15)19-12/h6,9,11H,3-5,7-8,16H2,1-2H3. The molecule has 2 heterocycles. The third kappa shape index (κ3) is 3.71. The minimum Gasteiger partial charge on any atom is -0.329 e. The zero-order valence-corrected chi connectivity index (χ0v) is 14.6. The number of likely N-dealkylation sites (N-methyl/N-ethyl adjacent to an activating group) is 1. The van der Waals surface area contributed by atoms with Crippen LogP contribution in [0, 0.1) is 0 Å². The molecule has 0 spiro atoms. The van der Waals surface area contributed by atoms with Gasteiger partial charge >= 0.3 is 0 Å². The Balaban J connectivity index is 2.12. The van der Waals surface area contributed by atoms with Gasteiger partial charge in [0.05, 0.1) is 6.04 Å². The quantitative estimate of drug-likeness (QED) is 0.888. The molecule has 0 amide bonds. The van der Waals surface area contributed by atoms with Gasteiger partial charge in [-0.25, -0.2) is 0 Å². The van der Waals surface area contributed by atoms with Crippen molar-refractivity contribution < 1.29 is 0 Å². The lowest BCUT2D eigenvalue weighted by atomic mass is 10.0. The number of hydrogen-bond donors (Lipinski definition) is 1. The highest BCUT2D eigenvalue weighted by atomic mass is 79.9. The lowest BCUT2D eigenvalue weighted by Gasteiger charge is -2.39. The number of thiophene rings is 1. The van der Waals surface area contributed by atoms with Gasteiger partial charge in [0, 0.05) is 28.5 Å². The third-order valence-corrected chi connectivity index (χ3v) is 6.39. The molecule has 1 aliphatic rings. The molecule has 1 aromatic heterocycles. The molecule has 0 bridgehead atoms. The van der Waals surface area contributed by atoms with Gasteiger partial charge in [-0.15, -0.1) is 11.3 Å². The molecule has 2 N–H and O–H groups in total. The van der Waals surface area contributed by atoms with Gasteiger partial charge in [-0.05, 0) is 55.5 Å². The van der Waals surface area contributed by atoms with Gasteiger partial charge in [-0.3, -0.25) is 4.90 Å². The number of halogens is 2. The average molecular weight is 367 g/mol. The van der Waals surface area contributed by atoms with Gasteiger partial charge in [0.15, 0.2) is 0 Å². The van der Waals surface area contributed by atoms with Crippen molar-refractivity contribution in [1.29, 1.82) is 0 Å². The molecular formula is C13H21BrClN3S. The maximum absolute atomic E-state index is 6.15. The number of hydrogen-bond acceptors (Lipinski definition) is 4. The van der Waals surface area contributed by atoms with Crippen LogP contribution in [-0.4, -0.2) is 49.6 Å². The molecule has 1 aromatic rings. The maximum atomic E-state index is 6.15. The summed E-state index contributed by atoms with van der Waals surface area (Å²) in [6.07, 6.45) is 2.51. The van der Waals surface area contributed by atoms with Crippen molar-refractivity contribution in [1.82, 2.24) is 9.80 Å². The highest BCUT2D eigenvalue weighted by Crippen LogP contribution is 2.37. The third-order valence-electron chi connectivity index (χ3n) is 3.81. The van der Waals surface area contributed by atoms with Crippen LogP contribution in [0.5, 0.6) is 0 Å². The van der Waals surface area contributed by atoms with Gasteiger partial charge in [0.1, 0.15) is 4.34 Å². The van der Waals surface area contributed by atoms with E-state index in [1.807, 2.05) is 0 Å². The van der Waals surface area contributed by atoms with Crippen molar-refractivity contribution in [3.05, 3.63) is 19.8 Å². The van der Waals surface area contributed by atoms with E-state index >= 15 is 0 Å². The second kappa shape index (κ2) is 6.87. The molecular weight excluding hydrogens is 346 g/mol. The highest BCUT2D eigenvalue weighted by Gasteiger charge is 2.28. The smallest absolute Gasteiger partial charge is 0.107 e. The Morgan fingerprint density at radius 1 is 1.63 bits per heavy atom. The fourth-order valence-corrected chi connectivity index (χ4v) is 4.54. The maximum Gasteiger partial charge on any atom is 0.107 e. The van der Waals surface area contributed by atoms with Crippen molar-refractivity contribution in [2.45, 2.75) is 24.9 Å². The van der Waals surface area contributed by atoms with Crippen LogP contribution in [0.3, 0.4) is 0 Å². The van der Waals surface area contributed by atoms with Crippen molar-refractivity contribution in [3.63, 3.8) is 0 Å². The molecule has 2 rings (SSSR count). The van der Waals surface area contributed by atoms with E-state index in [-0.39, 0.29) is 6.04 Å². The van der Waals surface area contributed by atoms with Crippen molar-refractivity contribution in [2.75, 3.05) is 33.7 Å². The molecule has 0 radical (unpaired) electrons. The molecule has 2 atom stereocenters. The largest absolute Gasteiger partial charge is 0.329 e. The predicted octanol–water partition coefficient (Wildman–Crippen LogP) is 3.19. The molecule has 108 valence electrons. The Kier molecular flexibility index (Phi) is 5.69. The summed E-state index contributed by atoms with van der Waals surface area (Å²) in [5, 5.41) is 0. The van der Waals surface area contributed by atoms with Crippen LogP contribution in [0.1, 0.15) is 23.8 Å². The molecule has 1 fully saturated rings. The van der Waals surface area contributed by atoms with Crippen LogP contribution < -0.4 is 5.73 Å². The minimum absolute atomic E-state index is 0.288. The van der Waals surface area contributed by atoms with E-state index in [0.29, 0.717) is 12.6 Å². The van der Waals surface area contributed by atoms with E-state index in [0.717, 1.165) is 21.9 Å². The van der Waals surface area contributed by atoms with Crippen LogP contribution in [0.15, 0.2) is 10.5 Å². The van der Waals surface area contributed by atoms with E-state index in [1.54, 1.807) is 11.3 Å². The Hall–Kier alpha value is 0.350. The van der Waals surface area contributed by atoms with Crippen molar-refractivity contribution in [2.24, 2.45) is 5.73 Å². The van der Waals surface area contributed by atoms with Crippen LogP contribution >= 0.6 is 38.9 Å². The first-order valence-electron chi connectivity index (χ1n) is 6.58. The first-order chi connectivity index (χ1) is 9.02. The second-order valence-electron chi connectivity index (χ2n) is 5.28. The van der Waals surface area contributed by atoms with E-state index in [4.69, 9.17) is 17.3 Å². The number of likely N-dealkylation sites (tertiary alicyclic amines) is 1. The molecule has 19 heavy (non-hydrogen) atoms. The van der Waals surface area contributed by atoms with Crippen molar-refractivity contribution >= 4 is 38.9 Å². The van der Waals surface area contributed by atoms with E-state index in [2.05, 4.69) is 45.9 Å². The van der Waals surface area contributed by atoms with Gasteiger partial charge in [0.25, 0.3) is 0 Å². The van der Waals surface area contributed by atoms with Gasteiger partial charge in [-0.1, -0.05) is 11.6 Å². The highest BCUT2D eigenvalue weighted by molar-refractivity contribution is 9.10. The van der Waals surface area contributed by atoms with Crippen LogP contribution in [-0.2, 0) is 0 Å². The van der Waals surface area contributed by atoms with Gasteiger partial charge < -0.3 is 10.6 Å². The zero-order valence-electron chi connectivity index (χ0n) is 11.4. The Bertz CT molecular complexity index is 405. The Morgan fingerprint density at radius 2 is 2.37 bits per heavy atom. The van der Waals surface area contributed by atoms with Crippen LogP contribution in [0.2, 0.25) is 4.34 Å². The molecule has 0 saturated carbocycles. The lowest BCUT2D eigenvalue weighted by Crippen LogP contribution is -2.47. The predicted molar refractivity (Wildman–Crippen MR) is 87.1 cm³/mol. The zero-order chi connectivity index (χ0) is 14.0. The Labute approximate surface area is 132 Å². The molecule has 2 unspecified atom stereocenters. The topological polar surface area (TPSA) is 32.5 Å². The molecule has 1 aliphatic heterocycles. The van der Waals surface area contributed by atoms with Crippen LogP contribution in [0.25, 0.3) is 0 Å². The normalized spacial score (nSPS) is 22.9. The van der Waals surface area contributed by atoms with Gasteiger partial charge in [-0.2, -0.15) is 0 Å². The summed E-state index contributed by atoms with van der Waals surface area (Å²) in [4.78, 5) is 6.08. The molecule has 6 heteroatoms. The molecule has 0 aliphatic carbocycles. The van der Waals surface area contributed by atoms with E-state index in [9.17, 15) is 0 Å². The molecule has 3 nitrogen and oxygen atoms in total.